The molecule has 0 bridgehead atoms. The van der Waals surface area contributed by atoms with E-state index in [9.17, 15) is 5.26 Å². The van der Waals surface area contributed by atoms with Gasteiger partial charge >= 0.3 is 0 Å². The fourth-order valence-electron chi connectivity index (χ4n) is 2.43. The van der Waals surface area contributed by atoms with Gasteiger partial charge in [0.25, 0.3) is 0 Å². The van der Waals surface area contributed by atoms with Gasteiger partial charge in [-0.3, -0.25) is 0 Å². The van der Waals surface area contributed by atoms with Gasteiger partial charge in [0.2, 0.25) is 0 Å². The summed E-state index contributed by atoms with van der Waals surface area (Å²) in [6.07, 6.45) is 5.58. The van der Waals surface area contributed by atoms with Crippen molar-refractivity contribution in [1.82, 2.24) is 14.4 Å². The molecule has 0 atom stereocenters. The Kier molecular flexibility index (Phi) is 3.29. The van der Waals surface area contributed by atoms with Crippen molar-refractivity contribution >= 4 is 38.8 Å². The van der Waals surface area contributed by atoms with Crippen molar-refractivity contribution in [2.75, 3.05) is 0 Å². The van der Waals surface area contributed by atoms with Crippen LogP contribution >= 0.6 is 23.1 Å². The van der Waals surface area contributed by atoms with Gasteiger partial charge in [-0.25, -0.2) is 9.97 Å². The summed E-state index contributed by atoms with van der Waals surface area (Å²) in [4.78, 5) is 8.63. The number of thiophene rings is 1. The largest absolute Gasteiger partial charge is 0.322 e. The van der Waals surface area contributed by atoms with E-state index in [-0.39, 0.29) is 0 Å². The molecule has 106 valence electrons. The summed E-state index contributed by atoms with van der Waals surface area (Å²) in [5.41, 5.74) is 3.70. The number of hydrogen-bond acceptors (Lipinski definition) is 5. The maximum absolute atomic E-state index is 9.45. The van der Waals surface area contributed by atoms with E-state index in [0.29, 0.717) is 5.75 Å². The number of aromatic nitrogens is 3. The van der Waals surface area contributed by atoms with Gasteiger partial charge < -0.3 is 4.40 Å². The van der Waals surface area contributed by atoms with Crippen molar-refractivity contribution in [3.63, 3.8) is 0 Å². The average Bonchev–Trinajstić information content (AvgIpc) is 3.16. The first-order valence-electron chi connectivity index (χ1n) is 6.66. The maximum Gasteiger partial charge on any atom is 0.118 e. The molecule has 4 aromatic heterocycles. The SMILES string of the molecule is N#Cc1c(CSc2ncnc3ccsc23)cn2ccccc12. The Balaban J connectivity index is 1.70. The molecular weight excluding hydrogens is 312 g/mol. The summed E-state index contributed by atoms with van der Waals surface area (Å²) in [5.74, 6) is 0.717. The second-order valence-electron chi connectivity index (χ2n) is 4.74. The molecule has 0 amide bonds. The molecule has 0 fully saturated rings. The predicted molar refractivity (Wildman–Crippen MR) is 89.1 cm³/mol. The lowest BCUT2D eigenvalue weighted by Crippen LogP contribution is -1.86. The second kappa shape index (κ2) is 5.44. The lowest BCUT2D eigenvalue weighted by atomic mass is 10.2. The summed E-state index contributed by atoms with van der Waals surface area (Å²) >= 11 is 3.30. The van der Waals surface area contributed by atoms with Crippen LogP contribution in [-0.2, 0) is 5.75 Å². The van der Waals surface area contributed by atoms with Gasteiger partial charge in [-0.15, -0.1) is 11.3 Å². The van der Waals surface area contributed by atoms with Crippen LogP contribution < -0.4 is 0 Å². The van der Waals surface area contributed by atoms with E-state index in [1.54, 1.807) is 29.4 Å². The fourth-order valence-corrected chi connectivity index (χ4v) is 4.35. The third kappa shape index (κ3) is 2.15. The minimum absolute atomic E-state index is 0.717. The first-order valence-corrected chi connectivity index (χ1v) is 8.53. The lowest BCUT2D eigenvalue weighted by Gasteiger charge is -2.00. The lowest BCUT2D eigenvalue weighted by molar-refractivity contribution is 1.11. The van der Waals surface area contributed by atoms with Crippen LogP contribution in [0, 0.1) is 11.3 Å². The van der Waals surface area contributed by atoms with Crippen molar-refractivity contribution in [3.8, 4) is 6.07 Å². The number of nitriles is 1. The Hall–Kier alpha value is -2.36. The van der Waals surface area contributed by atoms with Crippen LogP contribution in [0.1, 0.15) is 11.1 Å². The summed E-state index contributed by atoms with van der Waals surface area (Å²) < 4.78 is 3.10. The van der Waals surface area contributed by atoms with Gasteiger partial charge in [-0.1, -0.05) is 17.8 Å². The number of nitrogens with zero attached hydrogens (tertiary/aromatic N) is 4. The number of thioether (sulfide) groups is 1. The Labute approximate surface area is 135 Å². The molecule has 0 spiro atoms. The van der Waals surface area contributed by atoms with E-state index in [1.807, 2.05) is 46.4 Å². The zero-order chi connectivity index (χ0) is 14.9. The molecule has 4 rings (SSSR count). The molecule has 0 aromatic carbocycles. The predicted octanol–water partition coefficient (Wildman–Crippen LogP) is 4.11. The average molecular weight is 322 g/mol. The van der Waals surface area contributed by atoms with E-state index >= 15 is 0 Å². The Bertz CT molecular complexity index is 1010. The number of fused-ring (bicyclic) bond motifs is 2. The summed E-state index contributed by atoms with van der Waals surface area (Å²) in [7, 11) is 0. The number of pyridine rings is 1. The van der Waals surface area contributed by atoms with E-state index in [0.717, 1.165) is 31.9 Å². The second-order valence-corrected chi connectivity index (χ2v) is 6.62. The van der Waals surface area contributed by atoms with Crippen LogP contribution in [0.4, 0.5) is 0 Å². The van der Waals surface area contributed by atoms with Crippen LogP contribution in [-0.4, -0.2) is 14.4 Å². The van der Waals surface area contributed by atoms with Crippen molar-refractivity contribution < 1.29 is 0 Å². The van der Waals surface area contributed by atoms with E-state index in [4.69, 9.17) is 0 Å². The molecule has 6 heteroatoms. The molecule has 4 nitrogen and oxygen atoms in total. The molecule has 0 saturated carbocycles. The zero-order valence-corrected chi connectivity index (χ0v) is 13.1. The molecule has 4 heterocycles. The van der Waals surface area contributed by atoms with Crippen LogP contribution in [0.5, 0.6) is 0 Å². The monoisotopic (exact) mass is 322 g/mol. The van der Waals surface area contributed by atoms with Gasteiger partial charge in [0.15, 0.2) is 0 Å². The maximum atomic E-state index is 9.45. The molecular formula is C16H10N4S2. The van der Waals surface area contributed by atoms with Crippen molar-refractivity contribution in [1.29, 1.82) is 5.26 Å². The minimum atomic E-state index is 0.717. The summed E-state index contributed by atoms with van der Waals surface area (Å²) in [6, 6.07) is 10.2. The summed E-state index contributed by atoms with van der Waals surface area (Å²) in [5, 5.41) is 12.4. The van der Waals surface area contributed by atoms with E-state index < -0.39 is 0 Å². The first-order chi connectivity index (χ1) is 10.9. The van der Waals surface area contributed by atoms with Crippen LogP contribution in [0.3, 0.4) is 0 Å². The van der Waals surface area contributed by atoms with Crippen molar-refractivity contribution in [3.05, 3.63) is 59.5 Å². The van der Waals surface area contributed by atoms with Crippen molar-refractivity contribution in [2.45, 2.75) is 10.8 Å². The molecule has 0 aliphatic rings. The topological polar surface area (TPSA) is 54.0 Å². The molecule has 4 aromatic rings. The molecule has 0 aliphatic heterocycles. The van der Waals surface area contributed by atoms with Crippen LogP contribution in [0.15, 0.2) is 53.4 Å². The quantitative estimate of drug-likeness (QED) is 0.421. The molecule has 0 aliphatic carbocycles. The third-order valence-corrected chi connectivity index (χ3v) is 5.53. The summed E-state index contributed by atoms with van der Waals surface area (Å²) in [6.45, 7) is 0. The molecule has 0 radical (unpaired) electrons. The molecule has 0 unspecified atom stereocenters. The highest BCUT2D eigenvalue weighted by Gasteiger charge is 2.12. The van der Waals surface area contributed by atoms with Crippen LogP contribution in [0.25, 0.3) is 15.7 Å². The Morgan fingerprint density at radius 1 is 1.27 bits per heavy atom. The van der Waals surface area contributed by atoms with Gasteiger partial charge in [0.05, 0.1) is 21.3 Å². The smallest absolute Gasteiger partial charge is 0.118 e. The number of rotatable bonds is 3. The molecule has 22 heavy (non-hydrogen) atoms. The van der Waals surface area contributed by atoms with Gasteiger partial charge in [0.1, 0.15) is 17.4 Å². The highest BCUT2D eigenvalue weighted by molar-refractivity contribution is 7.98. The first kappa shape index (κ1) is 13.3. The van der Waals surface area contributed by atoms with Gasteiger partial charge in [0, 0.05) is 18.1 Å². The minimum Gasteiger partial charge on any atom is -0.322 e. The normalized spacial score (nSPS) is 11.0. The number of hydrogen-bond donors (Lipinski definition) is 0. The van der Waals surface area contributed by atoms with Gasteiger partial charge in [-0.05, 0) is 29.1 Å². The molecule has 0 N–H and O–H groups in total. The third-order valence-electron chi connectivity index (χ3n) is 3.45. The Morgan fingerprint density at radius 3 is 3.14 bits per heavy atom. The van der Waals surface area contributed by atoms with Crippen molar-refractivity contribution in [2.24, 2.45) is 0 Å². The van der Waals surface area contributed by atoms with Crippen LogP contribution in [0.2, 0.25) is 0 Å². The van der Waals surface area contributed by atoms with Gasteiger partial charge in [-0.2, -0.15) is 5.26 Å². The fraction of sp³-hybridized carbons (Fsp3) is 0.0625. The Morgan fingerprint density at radius 2 is 2.23 bits per heavy atom. The highest BCUT2D eigenvalue weighted by Crippen LogP contribution is 2.32. The van der Waals surface area contributed by atoms with E-state index in [2.05, 4.69) is 16.0 Å². The standard InChI is InChI=1S/C16H10N4S2/c17-7-12-11(8-20-5-2-1-3-14(12)20)9-22-16-15-13(4-6-21-15)18-10-19-16/h1-6,8,10H,9H2. The van der Waals surface area contributed by atoms with E-state index in [1.165, 1.54) is 0 Å². The zero-order valence-electron chi connectivity index (χ0n) is 11.4. The molecule has 0 saturated heterocycles. The highest BCUT2D eigenvalue weighted by atomic mass is 32.2.